The fourth-order valence-electron chi connectivity index (χ4n) is 1.46. The van der Waals surface area contributed by atoms with Crippen LogP contribution < -0.4 is 11.1 Å². The van der Waals surface area contributed by atoms with E-state index in [-0.39, 0.29) is 11.6 Å². The molecule has 0 bridgehead atoms. The summed E-state index contributed by atoms with van der Waals surface area (Å²) in [6, 6.07) is 3.48. The first-order chi connectivity index (χ1) is 8.22. The summed E-state index contributed by atoms with van der Waals surface area (Å²) in [5.74, 6) is -0.341. The van der Waals surface area contributed by atoms with Gasteiger partial charge in [0.25, 0.3) is 5.91 Å². The van der Waals surface area contributed by atoms with Crippen LogP contribution in [0, 0.1) is 0 Å². The summed E-state index contributed by atoms with van der Waals surface area (Å²) in [6.07, 6.45) is 3.90. The Balaban J connectivity index is 2.18. The van der Waals surface area contributed by atoms with Crippen molar-refractivity contribution in [1.82, 2.24) is 15.2 Å². The van der Waals surface area contributed by atoms with Gasteiger partial charge in [-0.3, -0.25) is 14.9 Å². The molecule has 2 heterocycles. The topological polar surface area (TPSA) is 96.7 Å². The highest BCUT2D eigenvalue weighted by Crippen LogP contribution is 2.15. The minimum atomic E-state index is -0.341. The zero-order valence-corrected chi connectivity index (χ0v) is 9.40. The lowest BCUT2D eigenvalue weighted by molar-refractivity contribution is 0.102. The number of nitrogens with two attached hydrogens (primary N) is 1. The number of aromatic nitrogens is 3. The highest BCUT2D eigenvalue weighted by Gasteiger charge is 2.16. The SMILES string of the molecule is CCc1[nH]nc(C(=O)Nc2cccnc2)c1N. The van der Waals surface area contributed by atoms with Crippen LogP contribution in [0.25, 0.3) is 0 Å². The summed E-state index contributed by atoms with van der Waals surface area (Å²) in [4.78, 5) is 15.8. The third-order valence-corrected chi connectivity index (χ3v) is 2.37. The number of aromatic amines is 1. The lowest BCUT2D eigenvalue weighted by Crippen LogP contribution is -2.14. The smallest absolute Gasteiger partial charge is 0.278 e. The number of carbonyl (C=O) groups is 1. The number of aryl methyl sites for hydroxylation is 1. The minimum Gasteiger partial charge on any atom is -0.395 e. The maximum Gasteiger partial charge on any atom is 0.278 e. The molecule has 0 spiro atoms. The van der Waals surface area contributed by atoms with E-state index in [1.165, 1.54) is 0 Å². The van der Waals surface area contributed by atoms with Gasteiger partial charge in [0.05, 0.1) is 23.3 Å². The van der Waals surface area contributed by atoms with E-state index in [4.69, 9.17) is 5.73 Å². The van der Waals surface area contributed by atoms with E-state index >= 15 is 0 Å². The van der Waals surface area contributed by atoms with E-state index < -0.39 is 0 Å². The molecule has 0 aliphatic carbocycles. The fourth-order valence-corrected chi connectivity index (χ4v) is 1.46. The summed E-state index contributed by atoms with van der Waals surface area (Å²) in [6.45, 7) is 1.94. The molecular formula is C11H13N5O. The van der Waals surface area contributed by atoms with Crippen LogP contribution in [0.15, 0.2) is 24.5 Å². The second-order valence-corrected chi connectivity index (χ2v) is 3.51. The van der Waals surface area contributed by atoms with Gasteiger partial charge in [-0.05, 0) is 18.6 Å². The predicted octanol–water partition coefficient (Wildman–Crippen LogP) is 1.20. The van der Waals surface area contributed by atoms with Gasteiger partial charge in [0, 0.05) is 6.20 Å². The number of hydrogen-bond acceptors (Lipinski definition) is 4. The molecule has 6 heteroatoms. The Morgan fingerprint density at radius 1 is 1.59 bits per heavy atom. The van der Waals surface area contributed by atoms with E-state index in [0.717, 1.165) is 5.69 Å². The Morgan fingerprint density at radius 3 is 3.00 bits per heavy atom. The molecule has 0 saturated carbocycles. The summed E-state index contributed by atoms with van der Waals surface area (Å²) < 4.78 is 0. The number of carbonyl (C=O) groups excluding carboxylic acids is 1. The van der Waals surface area contributed by atoms with Gasteiger partial charge >= 0.3 is 0 Å². The van der Waals surface area contributed by atoms with Crippen LogP contribution in [0.2, 0.25) is 0 Å². The van der Waals surface area contributed by atoms with E-state index in [0.29, 0.717) is 17.8 Å². The van der Waals surface area contributed by atoms with Gasteiger partial charge in [-0.1, -0.05) is 6.92 Å². The molecule has 0 aliphatic rings. The molecule has 0 radical (unpaired) electrons. The van der Waals surface area contributed by atoms with Gasteiger partial charge < -0.3 is 11.1 Å². The van der Waals surface area contributed by atoms with Crippen molar-refractivity contribution in [2.75, 3.05) is 11.1 Å². The molecule has 17 heavy (non-hydrogen) atoms. The van der Waals surface area contributed by atoms with Crippen molar-refractivity contribution in [2.24, 2.45) is 0 Å². The predicted molar refractivity (Wildman–Crippen MR) is 64.6 cm³/mol. The molecule has 0 atom stereocenters. The Labute approximate surface area is 98.3 Å². The van der Waals surface area contributed by atoms with Crippen molar-refractivity contribution in [3.8, 4) is 0 Å². The first-order valence-corrected chi connectivity index (χ1v) is 5.26. The molecule has 6 nitrogen and oxygen atoms in total. The van der Waals surface area contributed by atoms with Crippen LogP contribution in [-0.4, -0.2) is 21.1 Å². The summed E-state index contributed by atoms with van der Waals surface area (Å²) in [5, 5.41) is 9.31. The van der Waals surface area contributed by atoms with Crippen LogP contribution in [-0.2, 0) is 6.42 Å². The standard InChI is InChI=1S/C11H13N5O/c1-2-8-9(12)10(16-15-8)11(17)14-7-4-3-5-13-6-7/h3-6H,2,12H2,1H3,(H,14,17)(H,15,16). The van der Waals surface area contributed by atoms with E-state index in [9.17, 15) is 4.79 Å². The third-order valence-electron chi connectivity index (χ3n) is 2.37. The molecular weight excluding hydrogens is 218 g/mol. The molecule has 2 rings (SSSR count). The molecule has 88 valence electrons. The number of amides is 1. The van der Waals surface area contributed by atoms with Crippen LogP contribution in [0.5, 0.6) is 0 Å². The zero-order valence-electron chi connectivity index (χ0n) is 9.40. The Morgan fingerprint density at radius 2 is 2.41 bits per heavy atom. The highest BCUT2D eigenvalue weighted by atomic mass is 16.2. The average Bonchev–Trinajstić information content (AvgIpc) is 2.71. The molecule has 4 N–H and O–H groups in total. The number of rotatable bonds is 3. The molecule has 0 fully saturated rings. The van der Waals surface area contributed by atoms with E-state index in [2.05, 4.69) is 20.5 Å². The van der Waals surface area contributed by atoms with Gasteiger partial charge in [0.2, 0.25) is 0 Å². The molecule has 0 aliphatic heterocycles. The molecule has 1 amide bonds. The summed E-state index contributed by atoms with van der Waals surface area (Å²) in [7, 11) is 0. The van der Waals surface area contributed by atoms with E-state index in [1.807, 2.05) is 6.92 Å². The fraction of sp³-hybridized carbons (Fsp3) is 0.182. The highest BCUT2D eigenvalue weighted by molar-refractivity contribution is 6.06. The van der Waals surface area contributed by atoms with Gasteiger partial charge in [-0.15, -0.1) is 0 Å². The number of hydrogen-bond donors (Lipinski definition) is 3. The summed E-state index contributed by atoms with van der Waals surface area (Å²) >= 11 is 0. The lowest BCUT2D eigenvalue weighted by atomic mass is 10.2. The zero-order chi connectivity index (χ0) is 12.3. The van der Waals surface area contributed by atoms with Crippen LogP contribution >= 0.6 is 0 Å². The van der Waals surface area contributed by atoms with E-state index in [1.54, 1.807) is 24.5 Å². The second-order valence-electron chi connectivity index (χ2n) is 3.51. The second kappa shape index (κ2) is 4.65. The van der Waals surface area contributed by atoms with Gasteiger partial charge in [0.15, 0.2) is 5.69 Å². The maximum absolute atomic E-state index is 11.9. The number of nitrogens with zero attached hydrogens (tertiary/aromatic N) is 2. The van der Waals surface area contributed by atoms with Crippen molar-refractivity contribution in [1.29, 1.82) is 0 Å². The monoisotopic (exact) mass is 231 g/mol. The molecule has 0 unspecified atom stereocenters. The van der Waals surface area contributed by atoms with Crippen LogP contribution in [0.4, 0.5) is 11.4 Å². The third kappa shape index (κ3) is 2.25. The van der Waals surface area contributed by atoms with Gasteiger partial charge in [0.1, 0.15) is 0 Å². The Hall–Kier alpha value is -2.37. The maximum atomic E-state index is 11.9. The van der Waals surface area contributed by atoms with Crippen LogP contribution in [0.1, 0.15) is 23.1 Å². The normalized spacial score (nSPS) is 10.2. The Bertz CT molecular complexity index is 520. The van der Waals surface area contributed by atoms with Crippen molar-refractivity contribution in [3.63, 3.8) is 0 Å². The largest absolute Gasteiger partial charge is 0.395 e. The van der Waals surface area contributed by atoms with Crippen molar-refractivity contribution in [2.45, 2.75) is 13.3 Å². The Kier molecular flexibility index (Phi) is 3.04. The number of H-pyrrole nitrogens is 1. The number of pyridine rings is 1. The molecule has 2 aromatic heterocycles. The summed E-state index contributed by atoms with van der Waals surface area (Å²) in [5.41, 5.74) is 7.78. The average molecular weight is 231 g/mol. The first kappa shape index (κ1) is 11.1. The van der Waals surface area contributed by atoms with Crippen molar-refractivity contribution >= 4 is 17.3 Å². The number of nitrogen functional groups attached to an aromatic ring is 1. The number of nitrogens with one attached hydrogen (secondary N) is 2. The lowest BCUT2D eigenvalue weighted by Gasteiger charge is -2.02. The van der Waals surface area contributed by atoms with Gasteiger partial charge in [-0.2, -0.15) is 5.10 Å². The number of anilines is 2. The minimum absolute atomic E-state index is 0.214. The first-order valence-electron chi connectivity index (χ1n) is 5.26. The molecule has 2 aromatic rings. The van der Waals surface area contributed by atoms with Crippen LogP contribution in [0.3, 0.4) is 0 Å². The van der Waals surface area contributed by atoms with Crippen molar-refractivity contribution in [3.05, 3.63) is 35.9 Å². The van der Waals surface area contributed by atoms with Crippen molar-refractivity contribution < 1.29 is 4.79 Å². The quantitative estimate of drug-likeness (QED) is 0.739. The van der Waals surface area contributed by atoms with Gasteiger partial charge in [-0.25, -0.2) is 0 Å². The molecule has 0 aromatic carbocycles. The molecule has 0 saturated heterocycles.